The van der Waals surface area contributed by atoms with E-state index in [1.807, 2.05) is 12.3 Å². The molecule has 5 rings (SSSR count). The molecule has 1 unspecified atom stereocenters. The summed E-state index contributed by atoms with van der Waals surface area (Å²) in [6, 6.07) is 9.12. The van der Waals surface area contributed by atoms with E-state index in [-0.39, 0.29) is 0 Å². The SMILES string of the molecule is Cc1nc(-c2cccnc2)sc1-c1ccc2c(n1)C(=CC1C[N+]1(C)C)CCC2. The molecule has 28 heavy (non-hydrogen) atoms. The summed E-state index contributed by atoms with van der Waals surface area (Å²) < 4.78 is 1.10. The van der Waals surface area contributed by atoms with E-state index in [4.69, 9.17) is 9.97 Å². The Kier molecular flexibility index (Phi) is 4.18. The highest BCUT2D eigenvalue weighted by Gasteiger charge is 2.45. The highest BCUT2D eigenvalue weighted by Crippen LogP contribution is 2.38. The van der Waals surface area contributed by atoms with Gasteiger partial charge >= 0.3 is 0 Å². The molecule has 3 aromatic rings. The number of allylic oxidation sites excluding steroid dienone is 1. The second-order valence-corrected chi connectivity index (χ2v) is 9.45. The summed E-state index contributed by atoms with van der Waals surface area (Å²) in [4.78, 5) is 15.3. The van der Waals surface area contributed by atoms with Crippen LogP contribution in [0.3, 0.4) is 0 Å². The molecule has 0 bridgehead atoms. The first-order valence-electron chi connectivity index (χ1n) is 9.93. The third-order valence-electron chi connectivity index (χ3n) is 5.93. The van der Waals surface area contributed by atoms with E-state index < -0.39 is 0 Å². The van der Waals surface area contributed by atoms with Gasteiger partial charge in [0.1, 0.15) is 11.6 Å². The summed E-state index contributed by atoms with van der Waals surface area (Å²) in [5.41, 5.74) is 7.19. The normalized spacial score (nSPS) is 21.5. The van der Waals surface area contributed by atoms with Gasteiger partial charge < -0.3 is 4.48 Å². The molecule has 4 heterocycles. The number of hydrogen-bond donors (Lipinski definition) is 0. The molecule has 2 aliphatic rings. The van der Waals surface area contributed by atoms with E-state index >= 15 is 0 Å². The summed E-state index contributed by atoms with van der Waals surface area (Å²) in [6.45, 7) is 3.31. The van der Waals surface area contributed by atoms with Crippen molar-refractivity contribution in [1.82, 2.24) is 15.0 Å². The van der Waals surface area contributed by atoms with E-state index in [9.17, 15) is 0 Å². The number of rotatable bonds is 3. The molecular formula is C23H25N4S+. The zero-order chi connectivity index (χ0) is 19.3. The van der Waals surface area contributed by atoms with Crippen LogP contribution in [0.25, 0.3) is 26.7 Å². The Morgan fingerprint density at radius 3 is 2.75 bits per heavy atom. The molecule has 3 aromatic heterocycles. The van der Waals surface area contributed by atoms with Gasteiger partial charge in [0.2, 0.25) is 0 Å². The molecule has 0 amide bonds. The lowest BCUT2D eigenvalue weighted by Crippen LogP contribution is -2.15. The number of fused-ring (bicyclic) bond motifs is 1. The minimum absolute atomic E-state index is 0.647. The van der Waals surface area contributed by atoms with Gasteiger partial charge in [0, 0.05) is 18.0 Å². The van der Waals surface area contributed by atoms with Gasteiger partial charge in [-0.1, -0.05) is 6.07 Å². The summed E-state index contributed by atoms with van der Waals surface area (Å²) in [6.07, 6.45) is 9.65. The number of thiazole rings is 1. The minimum atomic E-state index is 0.647. The average molecular weight is 390 g/mol. The Hall–Kier alpha value is -2.37. The molecule has 1 aliphatic heterocycles. The van der Waals surface area contributed by atoms with Crippen LogP contribution in [0.1, 0.15) is 29.8 Å². The highest BCUT2D eigenvalue weighted by atomic mass is 32.1. The molecule has 0 aromatic carbocycles. The number of quaternary nitrogens is 1. The molecule has 1 aliphatic carbocycles. The predicted molar refractivity (Wildman–Crippen MR) is 115 cm³/mol. The molecular weight excluding hydrogens is 364 g/mol. The zero-order valence-corrected chi connectivity index (χ0v) is 17.5. The van der Waals surface area contributed by atoms with Gasteiger partial charge in [-0.3, -0.25) is 4.98 Å². The Labute approximate surface area is 170 Å². The van der Waals surface area contributed by atoms with Crippen LogP contribution in [-0.2, 0) is 6.42 Å². The van der Waals surface area contributed by atoms with Gasteiger partial charge in [0.25, 0.3) is 0 Å². The fraction of sp³-hybridized carbons (Fsp3) is 0.348. The summed E-state index contributed by atoms with van der Waals surface area (Å²) in [5, 5.41) is 1.01. The van der Waals surface area contributed by atoms with E-state index in [0.29, 0.717) is 6.04 Å². The molecule has 1 fully saturated rings. The second kappa shape index (κ2) is 6.61. The summed E-state index contributed by atoms with van der Waals surface area (Å²) in [7, 11) is 4.60. The zero-order valence-electron chi connectivity index (χ0n) is 16.6. The molecule has 142 valence electrons. The van der Waals surface area contributed by atoms with Crippen molar-refractivity contribution in [3.8, 4) is 21.1 Å². The van der Waals surface area contributed by atoms with Crippen molar-refractivity contribution in [3.05, 3.63) is 59.7 Å². The largest absolute Gasteiger partial charge is 0.313 e. The van der Waals surface area contributed by atoms with Gasteiger partial charge in [0.15, 0.2) is 6.04 Å². The first-order chi connectivity index (χ1) is 13.5. The molecule has 1 saturated heterocycles. The van der Waals surface area contributed by atoms with Crippen molar-refractivity contribution in [1.29, 1.82) is 0 Å². The monoisotopic (exact) mass is 389 g/mol. The highest BCUT2D eigenvalue weighted by molar-refractivity contribution is 7.18. The van der Waals surface area contributed by atoms with E-state index in [0.717, 1.165) is 44.2 Å². The van der Waals surface area contributed by atoms with Crippen molar-refractivity contribution < 1.29 is 4.48 Å². The van der Waals surface area contributed by atoms with E-state index in [1.165, 1.54) is 29.8 Å². The van der Waals surface area contributed by atoms with Crippen molar-refractivity contribution in [3.63, 3.8) is 0 Å². The number of aryl methyl sites for hydroxylation is 2. The van der Waals surface area contributed by atoms with Crippen LogP contribution < -0.4 is 0 Å². The Bertz CT molecular complexity index is 1070. The maximum atomic E-state index is 5.14. The second-order valence-electron chi connectivity index (χ2n) is 8.45. The fourth-order valence-electron chi connectivity index (χ4n) is 4.01. The van der Waals surface area contributed by atoms with Crippen LogP contribution in [0.4, 0.5) is 0 Å². The topological polar surface area (TPSA) is 38.7 Å². The molecule has 0 radical (unpaired) electrons. The van der Waals surface area contributed by atoms with Crippen LogP contribution in [0.5, 0.6) is 0 Å². The van der Waals surface area contributed by atoms with Crippen molar-refractivity contribution >= 4 is 16.9 Å². The number of aromatic nitrogens is 3. The third kappa shape index (κ3) is 3.19. The number of pyridine rings is 2. The molecule has 4 nitrogen and oxygen atoms in total. The first-order valence-corrected chi connectivity index (χ1v) is 10.7. The van der Waals surface area contributed by atoms with E-state index in [2.05, 4.69) is 50.3 Å². The van der Waals surface area contributed by atoms with Gasteiger partial charge in [-0.05, 0) is 61.6 Å². The lowest BCUT2D eigenvalue weighted by molar-refractivity contribution is -0.764. The van der Waals surface area contributed by atoms with Gasteiger partial charge in [-0.15, -0.1) is 11.3 Å². The maximum Gasteiger partial charge on any atom is 0.158 e. The molecule has 1 atom stereocenters. The quantitative estimate of drug-likeness (QED) is 0.479. The molecule has 0 N–H and O–H groups in total. The van der Waals surface area contributed by atoms with Crippen molar-refractivity contribution in [2.24, 2.45) is 0 Å². The van der Waals surface area contributed by atoms with Gasteiger partial charge in [0.05, 0.1) is 36.1 Å². The van der Waals surface area contributed by atoms with Crippen LogP contribution in [0.2, 0.25) is 0 Å². The predicted octanol–water partition coefficient (Wildman–Crippen LogP) is 4.75. The van der Waals surface area contributed by atoms with Crippen molar-refractivity contribution in [2.75, 3.05) is 20.6 Å². The molecule has 0 saturated carbocycles. The number of likely N-dealkylation sites (N-methyl/N-ethyl adjacent to an activating group) is 1. The Morgan fingerprint density at radius 1 is 1.14 bits per heavy atom. The smallest absolute Gasteiger partial charge is 0.158 e. The Morgan fingerprint density at radius 2 is 2.00 bits per heavy atom. The van der Waals surface area contributed by atoms with Crippen molar-refractivity contribution in [2.45, 2.75) is 32.2 Å². The summed E-state index contributed by atoms with van der Waals surface area (Å²) >= 11 is 1.71. The Balaban J connectivity index is 1.54. The first kappa shape index (κ1) is 17.7. The number of hydrogen-bond acceptors (Lipinski definition) is 4. The van der Waals surface area contributed by atoms with Crippen LogP contribution in [0, 0.1) is 6.92 Å². The number of nitrogens with zero attached hydrogens (tertiary/aromatic N) is 4. The van der Waals surface area contributed by atoms with Crippen LogP contribution in [-0.4, -0.2) is 46.1 Å². The van der Waals surface area contributed by atoms with Gasteiger partial charge in [-0.2, -0.15) is 0 Å². The van der Waals surface area contributed by atoms with Crippen LogP contribution >= 0.6 is 11.3 Å². The third-order valence-corrected chi connectivity index (χ3v) is 7.16. The standard InChI is InChI=1S/C23H25N4S/c1-15-22(28-23(25-15)18-8-5-11-24-13-18)20-10-9-16-6-4-7-17(21(16)26-20)12-19-14-27(19,2)3/h5,8-13,19H,4,6-7,14H2,1-3H3/q+1. The summed E-state index contributed by atoms with van der Waals surface area (Å²) in [5.74, 6) is 0. The minimum Gasteiger partial charge on any atom is -0.313 e. The molecule has 5 heteroatoms. The fourth-order valence-corrected chi connectivity index (χ4v) is 5.04. The maximum absolute atomic E-state index is 5.14. The lowest BCUT2D eigenvalue weighted by Gasteiger charge is -2.19. The van der Waals surface area contributed by atoms with E-state index in [1.54, 1.807) is 17.5 Å². The average Bonchev–Trinajstić information content (AvgIpc) is 3.11. The van der Waals surface area contributed by atoms with Crippen LogP contribution in [0.15, 0.2) is 42.7 Å². The van der Waals surface area contributed by atoms with Gasteiger partial charge in [-0.25, -0.2) is 9.97 Å². The molecule has 0 spiro atoms. The lowest BCUT2D eigenvalue weighted by atomic mass is 9.90.